The number of hydrogen-bond donors (Lipinski definition) is 2. The van der Waals surface area contributed by atoms with Gasteiger partial charge in [-0.05, 0) is 80.5 Å². The first-order valence-corrected chi connectivity index (χ1v) is 11.3. The molecule has 0 unspecified atom stereocenters. The average molecular weight is 456 g/mol. The summed E-state index contributed by atoms with van der Waals surface area (Å²) in [6, 6.07) is 19.0. The van der Waals surface area contributed by atoms with Gasteiger partial charge in [-0.1, -0.05) is 24.3 Å². The Morgan fingerprint density at radius 1 is 0.939 bits per heavy atom. The van der Waals surface area contributed by atoms with E-state index in [9.17, 15) is 5.11 Å². The molecule has 33 heavy (non-hydrogen) atoms. The molecule has 1 saturated heterocycles. The van der Waals surface area contributed by atoms with E-state index < -0.39 is 0 Å². The number of anilines is 1. The Kier molecular flexibility index (Phi) is 5.34. The second kappa shape index (κ2) is 8.33. The van der Waals surface area contributed by atoms with Gasteiger partial charge in [0.25, 0.3) is 0 Å². The lowest BCUT2D eigenvalue weighted by Gasteiger charge is -2.28. The highest BCUT2D eigenvalue weighted by molar-refractivity contribution is 7.80. The highest BCUT2D eigenvalue weighted by atomic mass is 32.1. The summed E-state index contributed by atoms with van der Waals surface area (Å²) in [5.41, 5.74) is 5.92. The molecule has 1 aromatic carbocycles. The number of nitrogens with zero attached hydrogens (tertiary/aromatic N) is 4. The Bertz CT molecular complexity index is 1330. The van der Waals surface area contributed by atoms with Crippen LogP contribution in [0.15, 0.2) is 73.1 Å². The number of phenolic OH excluding ortho intramolecular Hbond substituents is 1. The summed E-state index contributed by atoms with van der Waals surface area (Å²) >= 11 is 5.79. The molecule has 0 aliphatic carbocycles. The number of aryl methyl sites for hydroxylation is 2. The minimum atomic E-state index is -0.204. The van der Waals surface area contributed by atoms with E-state index in [1.807, 2.05) is 53.6 Å². The molecule has 0 spiro atoms. The maximum Gasteiger partial charge on any atom is 0.174 e. The number of para-hydroxylation sites is 2. The summed E-state index contributed by atoms with van der Waals surface area (Å²) in [5.74, 6) is 1.10. The number of nitrogens with one attached hydrogen (secondary N) is 1. The van der Waals surface area contributed by atoms with Crippen molar-refractivity contribution in [1.29, 1.82) is 0 Å². The molecule has 7 heteroatoms. The van der Waals surface area contributed by atoms with Gasteiger partial charge in [-0.25, -0.2) is 4.98 Å². The highest BCUT2D eigenvalue weighted by Gasteiger charge is 2.43. The maximum absolute atomic E-state index is 10.7. The molecule has 2 atom stereocenters. The van der Waals surface area contributed by atoms with Crippen LogP contribution in [0.25, 0.3) is 5.82 Å². The predicted molar refractivity (Wildman–Crippen MR) is 134 cm³/mol. The van der Waals surface area contributed by atoms with Crippen molar-refractivity contribution in [3.63, 3.8) is 0 Å². The topological polar surface area (TPSA) is 66.2 Å². The van der Waals surface area contributed by atoms with Crippen LogP contribution in [0, 0.1) is 20.8 Å². The maximum atomic E-state index is 10.7. The van der Waals surface area contributed by atoms with E-state index in [0.29, 0.717) is 10.8 Å². The number of phenols is 1. The fraction of sp³-hybridized carbons (Fsp3) is 0.192. The summed E-state index contributed by atoms with van der Waals surface area (Å²) in [4.78, 5) is 11.3. The quantitative estimate of drug-likeness (QED) is 0.419. The fourth-order valence-electron chi connectivity index (χ4n) is 4.72. The van der Waals surface area contributed by atoms with Gasteiger partial charge in [-0.2, -0.15) is 0 Å². The van der Waals surface area contributed by atoms with Crippen molar-refractivity contribution >= 4 is 23.0 Å². The summed E-state index contributed by atoms with van der Waals surface area (Å²) in [6.45, 7) is 6.26. The molecule has 2 N–H and O–H groups in total. The predicted octanol–water partition coefficient (Wildman–Crippen LogP) is 5.08. The molecule has 5 rings (SSSR count). The molecule has 3 aromatic heterocycles. The molecule has 166 valence electrons. The standard InChI is InChI=1S/C26H25N5OS/c1-16-9-8-14-28-25(16)30-17(2)15-19(18(30)3)24-23(20-10-6-7-13-27-20)29-26(33)31(24)21-11-4-5-12-22(21)32/h4-15,23-24,32H,1-3H3,(H,29,33)/t23-,24-/m0/s1. The summed E-state index contributed by atoms with van der Waals surface area (Å²) < 4.78 is 2.19. The van der Waals surface area contributed by atoms with Gasteiger partial charge < -0.3 is 19.9 Å². The molecule has 0 bridgehead atoms. The van der Waals surface area contributed by atoms with Crippen LogP contribution < -0.4 is 10.2 Å². The third-order valence-corrected chi connectivity index (χ3v) is 6.54. The van der Waals surface area contributed by atoms with Gasteiger partial charge in [0.1, 0.15) is 11.6 Å². The van der Waals surface area contributed by atoms with E-state index in [1.54, 1.807) is 12.3 Å². The van der Waals surface area contributed by atoms with Crippen LogP contribution in [0.3, 0.4) is 0 Å². The van der Waals surface area contributed by atoms with E-state index in [2.05, 4.69) is 52.8 Å². The third-order valence-electron chi connectivity index (χ3n) is 6.22. The van der Waals surface area contributed by atoms with Crippen molar-refractivity contribution in [1.82, 2.24) is 19.9 Å². The Morgan fingerprint density at radius 3 is 2.42 bits per heavy atom. The van der Waals surface area contributed by atoms with Gasteiger partial charge in [0.05, 0.1) is 23.5 Å². The van der Waals surface area contributed by atoms with E-state index >= 15 is 0 Å². The highest BCUT2D eigenvalue weighted by Crippen LogP contribution is 2.45. The lowest BCUT2D eigenvalue weighted by molar-refractivity contribution is 0.472. The average Bonchev–Trinajstić information content (AvgIpc) is 3.30. The van der Waals surface area contributed by atoms with Crippen LogP contribution in [0.1, 0.15) is 40.3 Å². The number of benzene rings is 1. The third kappa shape index (κ3) is 3.54. The van der Waals surface area contributed by atoms with Crippen LogP contribution >= 0.6 is 12.2 Å². The second-order valence-corrected chi connectivity index (χ2v) is 8.68. The van der Waals surface area contributed by atoms with Crippen molar-refractivity contribution in [3.05, 3.63) is 101 Å². The zero-order valence-electron chi connectivity index (χ0n) is 18.7. The largest absolute Gasteiger partial charge is 0.506 e. The molecule has 1 aliphatic heterocycles. The zero-order valence-corrected chi connectivity index (χ0v) is 19.5. The van der Waals surface area contributed by atoms with E-state index in [-0.39, 0.29) is 17.8 Å². The SMILES string of the molecule is Cc1cccnc1-n1c(C)cc([C@H]2[C@H](c3ccccn3)NC(=S)N2c2ccccc2O)c1C. The van der Waals surface area contributed by atoms with Gasteiger partial charge in [-0.3, -0.25) is 4.98 Å². The normalized spacial score (nSPS) is 17.9. The molecule has 1 aliphatic rings. The van der Waals surface area contributed by atoms with Gasteiger partial charge in [-0.15, -0.1) is 0 Å². The number of rotatable bonds is 4. The van der Waals surface area contributed by atoms with Crippen molar-refractivity contribution in [2.75, 3.05) is 4.90 Å². The molecular weight excluding hydrogens is 430 g/mol. The molecule has 0 radical (unpaired) electrons. The number of pyridine rings is 2. The van der Waals surface area contributed by atoms with Crippen molar-refractivity contribution in [2.24, 2.45) is 0 Å². The Labute approximate surface area is 198 Å². The molecule has 4 aromatic rings. The Morgan fingerprint density at radius 2 is 1.70 bits per heavy atom. The van der Waals surface area contributed by atoms with Crippen LogP contribution in [0.2, 0.25) is 0 Å². The van der Waals surface area contributed by atoms with Crippen LogP contribution in [0.4, 0.5) is 5.69 Å². The van der Waals surface area contributed by atoms with Gasteiger partial charge in [0.15, 0.2) is 5.11 Å². The first-order chi connectivity index (χ1) is 16.0. The molecule has 4 heterocycles. The first-order valence-electron chi connectivity index (χ1n) is 10.9. The van der Waals surface area contributed by atoms with E-state index in [1.165, 1.54) is 0 Å². The second-order valence-electron chi connectivity index (χ2n) is 8.29. The molecule has 0 saturated carbocycles. The van der Waals surface area contributed by atoms with E-state index in [0.717, 1.165) is 34.0 Å². The van der Waals surface area contributed by atoms with Gasteiger partial charge in [0.2, 0.25) is 0 Å². The first kappa shape index (κ1) is 21.2. The summed E-state index contributed by atoms with van der Waals surface area (Å²) in [6.07, 6.45) is 3.61. The van der Waals surface area contributed by atoms with Crippen LogP contribution in [0.5, 0.6) is 5.75 Å². The molecule has 0 amide bonds. The molecule has 1 fully saturated rings. The van der Waals surface area contributed by atoms with Gasteiger partial charge in [0, 0.05) is 23.8 Å². The number of hydrogen-bond acceptors (Lipinski definition) is 4. The minimum Gasteiger partial charge on any atom is -0.506 e. The molecular formula is C26H25N5OS. The fourth-order valence-corrected chi connectivity index (χ4v) is 5.06. The Balaban J connectivity index is 1.71. The summed E-state index contributed by atoms with van der Waals surface area (Å²) in [7, 11) is 0. The monoisotopic (exact) mass is 455 g/mol. The van der Waals surface area contributed by atoms with Gasteiger partial charge >= 0.3 is 0 Å². The number of aromatic hydroxyl groups is 1. The lowest BCUT2D eigenvalue weighted by atomic mass is 9.96. The zero-order chi connectivity index (χ0) is 23.1. The lowest BCUT2D eigenvalue weighted by Crippen LogP contribution is -2.29. The summed E-state index contributed by atoms with van der Waals surface area (Å²) in [5, 5.41) is 14.7. The van der Waals surface area contributed by atoms with Crippen molar-refractivity contribution in [3.8, 4) is 11.6 Å². The number of aromatic nitrogens is 3. The smallest absolute Gasteiger partial charge is 0.174 e. The van der Waals surface area contributed by atoms with Crippen molar-refractivity contribution in [2.45, 2.75) is 32.9 Å². The molecule has 6 nitrogen and oxygen atoms in total. The van der Waals surface area contributed by atoms with Crippen LogP contribution in [-0.2, 0) is 0 Å². The number of thiocarbonyl (C=S) groups is 1. The van der Waals surface area contributed by atoms with Crippen LogP contribution in [-0.4, -0.2) is 24.8 Å². The minimum absolute atomic E-state index is 0.183. The Hall–Kier alpha value is -3.71. The van der Waals surface area contributed by atoms with Crippen molar-refractivity contribution < 1.29 is 5.11 Å². The van der Waals surface area contributed by atoms with E-state index in [4.69, 9.17) is 12.2 Å².